The average Bonchev–Trinajstić information content (AvgIpc) is 2.84. The first-order valence-corrected chi connectivity index (χ1v) is 7.72. The van der Waals surface area contributed by atoms with Gasteiger partial charge in [0, 0.05) is 26.4 Å². The van der Waals surface area contributed by atoms with Crippen LogP contribution >= 0.6 is 0 Å². The van der Waals surface area contributed by atoms with Crippen LogP contribution in [0.4, 0.5) is 5.82 Å². The first-order chi connectivity index (χ1) is 8.97. The number of hydrogen-bond acceptors (Lipinski definition) is 5. The molecule has 1 fully saturated rings. The summed E-state index contributed by atoms with van der Waals surface area (Å²) < 4.78 is 32.7. The topological polar surface area (TPSA) is 80.3 Å². The second kappa shape index (κ2) is 5.44. The van der Waals surface area contributed by atoms with Crippen molar-refractivity contribution >= 4 is 15.8 Å². The Morgan fingerprint density at radius 1 is 1.53 bits per heavy atom. The molecule has 0 bridgehead atoms. The minimum Gasteiger partial charge on any atom is -0.374 e. The van der Waals surface area contributed by atoms with Gasteiger partial charge in [-0.2, -0.15) is 0 Å². The van der Waals surface area contributed by atoms with E-state index in [1.165, 1.54) is 6.07 Å². The molecule has 1 unspecified atom stereocenters. The van der Waals surface area contributed by atoms with E-state index in [9.17, 15) is 8.42 Å². The smallest absolute Gasteiger partial charge is 0.244 e. The maximum atomic E-state index is 12.3. The molecule has 0 aliphatic carbocycles. The molecule has 0 saturated carbocycles. The number of nitrogens with one attached hydrogen (secondary N) is 2. The van der Waals surface area contributed by atoms with Gasteiger partial charge in [0.2, 0.25) is 10.0 Å². The number of nitrogens with zero attached hydrogens (tertiary/aromatic N) is 1. The van der Waals surface area contributed by atoms with Gasteiger partial charge in [-0.05, 0) is 31.9 Å². The molecule has 0 radical (unpaired) electrons. The van der Waals surface area contributed by atoms with Crippen LogP contribution in [-0.4, -0.2) is 39.2 Å². The molecule has 1 aromatic rings. The molecule has 19 heavy (non-hydrogen) atoms. The van der Waals surface area contributed by atoms with Crippen LogP contribution in [0, 0.1) is 0 Å². The highest BCUT2D eigenvalue weighted by Gasteiger charge is 2.32. The van der Waals surface area contributed by atoms with Crippen LogP contribution in [0.1, 0.15) is 19.8 Å². The highest BCUT2D eigenvalue weighted by atomic mass is 32.2. The third-order valence-corrected chi connectivity index (χ3v) is 4.67. The molecule has 2 heterocycles. The number of rotatable bonds is 5. The Balaban J connectivity index is 2.14. The van der Waals surface area contributed by atoms with E-state index in [-0.39, 0.29) is 11.4 Å². The van der Waals surface area contributed by atoms with Crippen molar-refractivity contribution in [2.45, 2.75) is 30.3 Å². The maximum Gasteiger partial charge on any atom is 0.244 e. The molecular formula is C12H19N3O3S. The fourth-order valence-electron chi connectivity index (χ4n) is 2.10. The van der Waals surface area contributed by atoms with Gasteiger partial charge in [-0.25, -0.2) is 18.1 Å². The lowest BCUT2D eigenvalue weighted by molar-refractivity contribution is 0.0250. The number of pyridine rings is 1. The molecule has 1 saturated heterocycles. The minimum absolute atomic E-state index is 0.152. The van der Waals surface area contributed by atoms with Gasteiger partial charge in [-0.1, -0.05) is 0 Å². The van der Waals surface area contributed by atoms with Crippen LogP contribution in [0.15, 0.2) is 23.2 Å². The van der Waals surface area contributed by atoms with Crippen molar-refractivity contribution in [3.8, 4) is 0 Å². The Bertz CT molecular complexity index is 539. The van der Waals surface area contributed by atoms with Gasteiger partial charge in [0.1, 0.15) is 10.7 Å². The van der Waals surface area contributed by atoms with Gasteiger partial charge in [-0.3, -0.25) is 0 Å². The fourth-order valence-corrected chi connectivity index (χ4v) is 3.41. The lowest BCUT2D eigenvalue weighted by atomic mass is 10.0. The SMILES string of the molecule is CNc1ncccc1S(=O)(=O)NCC1(C)CCCO1. The second-order valence-corrected chi connectivity index (χ2v) is 6.56. The van der Waals surface area contributed by atoms with E-state index >= 15 is 0 Å². The van der Waals surface area contributed by atoms with E-state index in [4.69, 9.17) is 4.74 Å². The Kier molecular flexibility index (Phi) is 4.07. The Hall–Kier alpha value is -1.18. The number of sulfonamides is 1. The molecule has 2 rings (SSSR count). The minimum atomic E-state index is -3.58. The molecule has 7 heteroatoms. The lowest BCUT2D eigenvalue weighted by Crippen LogP contribution is -2.40. The number of hydrogen-bond donors (Lipinski definition) is 2. The summed E-state index contributed by atoms with van der Waals surface area (Å²) in [4.78, 5) is 4.15. The summed E-state index contributed by atoms with van der Waals surface area (Å²) in [5, 5.41) is 2.78. The molecule has 1 aliphatic heterocycles. The number of anilines is 1. The first-order valence-electron chi connectivity index (χ1n) is 6.23. The molecule has 6 nitrogen and oxygen atoms in total. The van der Waals surface area contributed by atoms with Crippen molar-refractivity contribution in [1.82, 2.24) is 9.71 Å². The summed E-state index contributed by atoms with van der Waals surface area (Å²) in [7, 11) is -1.94. The highest BCUT2D eigenvalue weighted by Crippen LogP contribution is 2.25. The summed E-state index contributed by atoms with van der Waals surface area (Å²) in [5.74, 6) is 0.340. The predicted octanol–water partition coefficient (Wildman–Crippen LogP) is 0.971. The molecule has 1 aromatic heterocycles. The lowest BCUT2D eigenvalue weighted by Gasteiger charge is -2.23. The maximum absolute atomic E-state index is 12.3. The molecule has 0 spiro atoms. The van der Waals surface area contributed by atoms with Gasteiger partial charge >= 0.3 is 0 Å². The Morgan fingerprint density at radius 3 is 2.95 bits per heavy atom. The zero-order valence-corrected chi connectivity index (χ0v) is 12.0. The van der Waals surface area contributed by atoms with Gasteiger partial charge in [0.25, 0.3) is 0 Å². The van der Waals surface area contributed by atoms with Crippen molar-refractivity contribution in [3.63, 3.8) is 0 Å². The second-order valence-electron chi connectivity index (χ2n) is 4.83. The summed E-state index contributed by atoms with van der Waals surface area (Å²) in [6, 6.07) is 3.13. The zero-order chi connectivity index (χ0) is 13.9. The predicted molar refractivity (Wildman–Crippen MR) is 72.6 cm³/mol. The molecule has 0 aromatic carbocycles. The largest absolute Gasteiger partial charge is 0.374 e. The van der Waals surface area contributed by atoms with E-state index in [1.807, 2.05) is 6.92 Å². The number of ether oxygens (including phenoxy) is 1. The van der Waals surface area contributed by atoms with Crippen molar-refractivity contribution in [3.05, 3.63) is 18.3 Å². The van der Waals surface area contributed by atoms with Gasteiger partial charge in [0.05, 0.1) is 5.60 Å². The van der Waals surface area contributed by atoms with Crippen LogP contribution < -0.4 is 10.0 Å². The van der Waals surface area contributed by atoms with E-state index in [1.54, 1.807) is 19.3 Å². The zero-order valence-electron chi connectivity index (χ0n) is 11.1. The molecule has 1 aliphatic rings. The van der Waals surface area contributed by atoms with Crippen LogP contribution in [0.3, 0.4) is 0 Å². The summed E-state index contributed by atoms with van der Waals surface area (Å²) in [5.41, 5.74) is -0.408. The van der Waals surface area contributed by atoms with Gasteiger partial charge in [0.15, 0.2) is 0 Å². The summed E-state index contributed by atoms with van der Waals surface area (Å²) in [6.45, 7) is 2.88. The highest BCUT2D eigenvalue weighted by molar-refractivity contribution is 7.89. The van der Waals surface area contributed by atoms with Gasteiger partial charge < -0.3 is 10.1 Å². The molecule has 106 valence electrons. The van der Waals surface area contributed by atoms with Crippen molar-refractivity contribution in [1.29, 1.82) is 0 Å². The molecular weight excluding hydrogens is 266 g/mol. The number of aromatic nitrogens is 1. The third kappa shape index (κ3) is 3.23. The van der Waals surface area contributed by atoms with Crippen molar-refractivity contribution < 1.29 is 13.2 Å². The van der Waals surface area contributed by atoms with Crippen LogP contribution in [0.5, 0.6) is 0 Å². The monoisotopic (exact) mass is 285 g/mol. The normalized spacial score (nSPS) is 23.5. The van der Waals surface area contributed by atoms with E-state index in [2.05, 4.69) is 15.0 Å². The average molecular weight is 285 g/mol. The van der Waals surface area contributed by atoms with Crippen LogP contribution in [0.25, 0.3) is 0 Å². The molecule has 1 atom stereocenters. The molecule has 0 amide bonds. The first kappa shape index (κ1) is 14.2. The van der Waals surface area contributed by atoms with Gasteiger partial charge in [-0.15, -0.1) is 0 Å². The Labute approximate surface area is 113 Å². The van der Waals surface area contributed by atoms with E-state index in [0.717, 1.165) is 12.8 Å². The third-order valence-electron chi connectivity index (χ3n) is 3.23. The van der Waals surface area contributed by atoms with Crippen molar-refractivity contribution in [2.75, 3.05) is 25.5 Å². The van der Waals surface area contributed by atoms with E-state index in [0.29, 0.717) is 12.4 Å². The Morgan fingerprint density at radius 2 is 2.32 bits per heavy atom. The molecule has 2 N–H and O–H groups in total. The fraction of sp³-hybridized carbons (Fsp3) is 0.583. The van der Waals surface area contributed by atoms with Crippen LogP contribution in [0.2, 0.25) is 0 Å². The standard InChI is InChI=1S/C12H19N3O3S/c1-12(6-4-8-18-12)9-15-19(16,17)10-5-3-7-14-11(10)13-2/h3,5,7,15H,4,6,8-9H2,1-2H3,(H,13,14). The summed E-state index contributed by atoms with van der Waals surface area (Å²) in [6.07, 6.45) is 3.38. The van der Waals surface area contributed by atoms with Crippen LogP contribution in [-0.2, 0) is 14.8 Å². The summed E-state index contributed by atoms with van der Waals surface area (Å²) >= 11 is 0. The van der Waals surface area contributed by atoms with Crippen molar-refractivity contribution in [2.24, 2.45) is 0 Å². The van der Waals surface area contributed by atoms with E-state index < -0.39 is 15.6 Å². The quantitative estimate of drug-likeness (QED) is 0.842.